The van der Waals surface area contributed by atoms with Gasteiger partial charge in [-0.1, -0.05) is 6.92 Å². The van der Waals surface area contributed by atoms with Gasteiger partial charge in [0.15, 0.2) is 0 Å². The minimum Gasteiger partial charge on any atom is -0.394 e. The van der Waals surface area contributed by atoms with E-state index in [0.29, 0.717) is 6.54 Å². The first-order valence-corrected chi connectivity index (χ1v) is 4.81. The molecule has 0 fully saturated rings. The van der Waals surface area contributed by atoms with Gasteiger partial charge in [-0.25, -0.2) is 9.97 Å². The van der Waals surface area contributed by atoms with Crippen LogP contribution in [0.4, 0.5) is 0 Å². The number of rotatable bonds is 5. The monoisotopic (exact) mass is 195 g/mol. The third kappa shape index (κ3) is 3.05. The van der Waals surface area contributed by atoms with Gasteiger partial charge in [-0.2, -0.15) is 0 Å². The Morgan fingerprint density at radius 2 is 2.36 bits per heavy atom. The molecule has 0 aliphatic rings. The van der Waals surface area contributed by atoms with Gasteiger partial charge in [-0.15, -0.1) is 0 Å². The van der Waals surface area contributed by atoms with Gasteiger partial charge in [-0.05, 0) is 19.4 Å². The van der Waals surface area contributed by atoms with Crippen molar-refractivity contribution in [1.82, 2.24) is 15.3 Å². The van der Waals surface area contributed by atoms with Crippen molar-refractivity contribution in [2.75, 3.05) is 6.61 Å². The molecule has 78 valence electrons. The van der Waals surface area contributed by atoms with E-state index in [1.54, 1.807) is 6.20 Å². The SMILES string of the molecule is CCC(C)(CO)NCc1ccncn1. The maximum atomic E-state index is 9.17. The van der Waals surface area contributed by atoms with Crippen LogP contribution in [0.25, 0.3) is 0 Å². The summed E-state index contributed by atoms with van der Waals surface area (Å²) in [6, 6.07) is 1.86. The number of hydrogen-bond donors (Lipinski definition) is 2. The molecule has 0 amide bonds. The van der Waals surface area contributed by atoms with Crippen LogP contribution in [-0.4, -0.2) is 27.2 Å². The topological polar surface area (TPSA) is 58.0 Å². The van der Waals surface area contributed by atoms with Gasteiger partial charge in [0.05, 0.1) is 12.3 Å². The van der Waals surface area contributed by atoms with Crippen LogP contribution < -0.4 is 5.32 Å². The third-order valence-corrected chi connectivity index (χ3v) is 2.47. The molecule has 1 aromatic rings. The Kier molecular flexibility index (Phi) is 3.98. The molecule has 0 spiro atoms. The van der Waals surface area contributed by atoms with Gasteiger partial charge in [0, 0.05) is 18.3 Å². The van der Waals surface area contributed by atoms with Crippen LogP contribution in [0.2, 0.25) is 0 Å². The van der Waals surface area contributed by atoms with Crippen molar-refractivity contribution in [3.63, 3.8) is 0 Å². The van der Waals surface area contributed by atoms with E-state index in [2.05, 4.69) is 15.3 Å². The summed E-state index contributed by atoms with van der Waals surface area (Å²) in [7, 11) is 0. The Balaban J connectivity index is 2.48. The Bertz CT molecular complexity index is 259. The van der Waals surface area contributed by atoms with Crippen LogP contribution in [0.3, 0.4) is 0 Å². The normalized spacial score (nSPS) is 15.1. The third-order valence-electron chi connectivity index (χ3n) is 2.47. The molecule has 14 heavy (non-hydrogen) atoms. The molecule has 0 bridgehead atoms. The minimum absolute atomic E-state index is 0.134. The molecule has 0 saturated heterocycles. The fourth-order valence-corrected chi connectivity index (χ4v) is 1.02. The summed E-state index contributed by atoms with van der Waals surface area (Å²) in [4.78, 5) is 7.94. The summed E-state index contributed by atoms with van der Waals surface area (Å²) in [5.74, 6) is 0. The van der Waals surface area contributed by atoms with Crippen molar-refractivity contribution in [2.45, 2.75) is 32.4 Å². The summed E-state index contributed by atoms with van der Waals surface area (Å²) in [6.45, 7) is 4.83. The average Bonchev–Trinajstić information content (AvgIpc) is 2.27. The zero-order chi connectivity index (χ0) is 10.4. The zero-order valence-corrected chi connectivity index (χ0v) is 8.70. The molecule has 0 saturated carbocycles. The first-order valence-electron chi connectivity index (χ1n) is 4.81. The lowest BCUT2D eigenvalue weighted by Crippen LogP contribution is -2.44. The number of aliphatic hydroxyl groups excluding tert-OH is 1. The van der Waals surface area contributed by atoms with Crippen LogP contribution in [0, 0.1) is 0 Å². The molecule has 1 unspecified atom stereocenters. The van der Waals surface area contributed by atoms with E-state index in [4.69, 9.17) is 5.11 Å². The van der Waals surface area contributed by atoms with E-state index in [1.165, 1.54) is 6.33 Å². The van der Waals surface area contributed by atoms with Gasteiger partial charge >= 0.3 is 0 Å². The highest BCUT2D eigenvalue weighted by Crippen LogP contribution is 2.08. The van der Waals surface area contributed by atoms with E-state index in [0.717, 1.165) is 12.1 Å². The average molecular weight is 195 g/mol. The molecule has 4 heteroatoms. The fraction of sp³-hybridized carbons (Fsp3) is 0.600. The zero-order valence-electron chi connectivity index (χ0n) is 8.70. The van der Waals surface area contributed by atoms with Crippen LogP contribution in [0.15, 0.2) is 18.6 Å². The van der Waals surface area contributed by atoms with E-state index in [1.807, 2.05) is 19.9 Å². The molecule has 2 N–H and O–H groups in total. The smallest absolute Gasteiger partial charge is 0.115 e. The number of nitrogens with zero attached hydrogens (tertiary/aromatic N) is 2. The second-order valence-electron chi connectivity index (χ2n) is 3.63. The summed E-state index contributed by atoms with van der Waals surface area (Å²) >= 11 is 0. The van der Waals surface area contributed by atoms with Gasteiger partial charge in [0.1, 0.15) is 6.33 Å². The van der Waals surface area contributed by atoms with Crippen LogP contribution >= 0.6 is 0 Å². The quantitative estimate of drug-likeness (QED) is 0.727. The molecule has 1 aromatic heterocycles. The van der Waals surface area contributed by atoms with Crippen molar-refractivity contribution in [3.8, 4) is 0 Å². The van der Waals surface area contributed by atoms with Gasteiger partial charge < -0.3 is 10.4 Å². The van der Waals surface area contributed by atoms with Crippen molar-refractivity contribution >= 4 is 0 Å². The lowest BCUT2D eigenvalue weighted by molar-refractivity contribution is 0.168. The van der Waals surface area contributed by atoms with Gasteiger partial charge in [-0.3, -0.25) is 0 Å². The van der Waals surface area contributed by atoms with Crippen LogP contribution in [0.1, 0.15) is 26.0 Å². The maximum Gasteiger partial charge on any atom is 0.115 e. The van der Waals surface area contributed by atoms with E-state index in [9.17, 15) is 0 Å². The fourth-order valence-electron chi connectivity index (χ4n) is 1.02. The molecule has 1 heterocycles. The van der Waals surface area contributed by atoms with Gasteiger partial charge in [0.25, 0.3) is 0 Å². The molecule has 0 aliphatic heterocycles. The predicted octanol–water partition coefficient (Wildman–Crippen LogP) is 0.727. The highest BCUT2D eigenvalue weighted by molar-refractivity contribution is 4.98. The molecule has 0 radical (unpaired) electrons. The minimum atomic E-state index is -0.217. The number of nitrogens with one attached hydrogen (secondary N) is 1. The number of aliphatic hydroxyl groups is 1. The Hall–Kier alpha value is -1.00. The Morgan fingerprint density at radius 1 is 1.57 bits per heavy atom. The molecule has 0 aromatic carbocycles. The summed E-state index contributed by atoms with van der Waals surface area (Å²) in [5, 5.41) is 12.4. The van der Waals surface area contributed by atoms with E-state index >= 15 is 0 Å². The van der Waals surface area contributed by atoms with Crippen LogP contribution in [0.5, 0.6) is 0 Å². The highest BCUT2D eigenvalue weighted by Gasteiger charge is 2.19. The van der Waals surface area contributed by atoms with Crippen molar-refractivity contribution < 1.29 is 5.11 Å². The molecular weight excluding hydrogens is 178 g/mol. The lowest BCUT2D eigenvalue weighted by Gasteiger charge is -2.27. The molecule has 4 nitrogen and oxygen atoms in total. The van der Waals surface area contributed by atoms with Crippen molar-refractivity contribution in [2.24, 2.45) is 0 Å². The second-order valence-corrected chi connectivity index (χ2v) is 3.63. The molecule has 1 atom stereocenters. The second kappa shape index (κ2) is 5.02. The van der Waals surface area contributed by atoms with E-state index < -0.39 is 0 Å². The Labute approximate surface area is 84.4 Å². The van der Waals surface area contributed by atoms with E-state index in [-0.39, 0.29) is 12.1 Å². The highest BCUT2D eigenvalue weighted by atomic mass is 16.3. The van der Waals surface area contributed by atoms with Crippen LogP contribution in [-0.2, 0) is 6.54 Å². The number of aromatic nitrogens is 2. The molecular formula is C10H17N3O. The Morgan fingerprint density at radius 3 is 2.86 bits per heavy atom. The lowest BCUT2D eigenvalue weighted by atomic mass is 10.0. The first kappa shape index (κ1) is 11.1. The van der Waals surface area contributed by atoms with Crippen molar-refractivity contribution in [1.29, 1.82) is 0 Å². The summed E-state index contributed by atoms with van der Waals surface area (Å²) < 4.78 is 0. The summed E-state index contributed by atoms with van der Waals surface area (Å²) in [6.07, 6.45) is 4.13. The standard InChI is InChI=1S/C10H17N3O/c1-3-10(2,7-14)13-6-9-4-5-11-8-12-9/h4-5,8,13-14H,3,6-7H2,1-2H3. The molecule has 0 aliphatic carbocycles. The predicted molar refractivity (Wildman–Crippen MR) is 54.7 cm³/mol. The molecule has 1 rings (SSSR count). The number of hydrogen-bond acceptors (Lipinski definition) is 4. The van der Waals surface area contributed by atoms with Crippen molar-refractivity contribution in [3.05, 3.63) is 24.3 Å². The maximum absolute atomic E-state index is 9.17. The first-order chi connectivity index (χ1) is 6.70. The van der Waals surface area contributed by atoms with Gasteiger partial charge in [0.2, 0.25) is 0 Å². The largest absolute Gasteiger partial charge is 0.394 e. The summed E-state index contributed by atoms with van der Waals surface area (Å²) in [5.41, 5.74) is 0.721.